The van der Waals surface area contributed by atoms with Crippen molar-refractivity contribution in [2.75, 3.05) is 33.4 Å². The minimum Gasteiger partial charge on any atom is -0.383 e. The number of nitrogens with zero attached hydrogens (tertiary/aromatic N) is 2. The molecule has 20 heavy (non-hydrogen) atoms. The summed E-state index contributed by atoms with van der Waals surface area (Å²) in [7, 11) is 1.77. The van der Waals surface area contributed by atoms with Gasteiger partial charge in [-0.3, -0.25) is 4.98 Å². The Balaban J connectivity index is 1.92. The predicted molar refractivity (Wildman–Crippen MR) is 82.2 cm³/mol. The van der Waals surface area contributed by atoms with Crippen molar-refractivity contribution < 1.29 is 4.74 Å². The van der Waals surface area contributed by atoms with E-state index in [1.165, 1.54) is 22.2 Å². The van der Waals surface area contributed by atoms with Gasteiger partial charge in [-0.1, -0.05) is 18.2 Å². The van der Waals surface area contributed by atoms with Crippen molar-refractivity contribution in [3.8, 4) is 0 Å². The molecule has 1 aromatic heterocycles. The quantitative estimate of drug-likeness (QED) is 0.857. The molecule has 0 N–H and O–H groups in total. The van der Waals surface area contributed by atoms with E-state index in [2.05, 4.69) is 36.1 Å². The van der Waals surface area contributed by atoms with E-state index in [0.717, 1.165) is 44.6 Å². The molecule has 2 heterocycles. The number of rotatable bonds is 3. The highest BCUT2D eigenvalue weighted by atomic mass is 16.5. The fraction of sp³-hybridized carbons (Fsp3) is 0.471. The van der Waals surface area contributed by atoms with E-state index in [9.17, 15) is 0 Å². The first-order valence-corrected chi connectivity index (χ1v) is 7.38. The number of hydrogen-bond acceptors (Lipinski definition) is 3. The summed E-state index contributed by atoms with van der Waals surface area (Å²) in [6, 6.07) is 8.48. The second-order valence-corrected chi connectivity index (χ2v) is 5.51. The summed E-state index contributed by atoms with van der Waals surface area (Å²) in [5.74, 6) is 0. The number of aryl methyl sites for hydroxylation is 1. The van der Waals surface area contributed by atoms with Crippen molar-refractivity contribution in [1.82, 2.24) is 9.88 Å². The van der Waals surface area contributed by atoms with Gasteiger partial charge in [0.15, 0.2) is 0 Å². The highest BCUT2D eigenvalue weighted by molar-refractivity contribution is 5.83. The zero-order chi connectivity index (χ0) is 13.9. The van der Waals surface area contributed by atoms with Crippen LogP contribution in [0.2, 0.25) is 0 Å². The highest BCUT2D eigenvalue weighted by Gasteiger charge is 2.18. The second-order valence-electron chi connectivity index (χ2n) is 5.51. The summed E-state index contributed by atoms with van der Waals surface area (Å²) in [5.41, 5.74) is 5.30. The third-order valence-electron chi connectivity index (χ3n) is 4.32. The molecule has 0 aliphatic carbocycles. The topological polar surface area (TPSA) is 25.4 Å². The Morgan fingerprint density at radius 2 is 2.00 bits per heavy atom. The van der Waals surface area contributed by atoms with Crippen molar-refractivity contribution in [3.05, 3.63) is 41.1 Å². The van der Waals surface area contributed by atoms with E-state index in [0.29, 0.717) is 0 Å². The molecule has 0 unspecified atom stereocenters. The first kappa shape index (κ1) is 13.5. The Labute approximate surface area is 120 Å². The smallest absolute Gasteiger partial charge is 0.0708 e. The maximum Gasteiger partial charge on any atom is 0.0708 e. The highest BCUT2D eigenvalue weighted by Crippen LogP contribution is 2.25. The maximum atomic E-state index is 5.19. The van der Waals surface area contributed by atoms with Crippen LogP contribution in [-0.4, -0.2) is 43.2 Å². The van der Waals surface area contributed by atoms with Crippen LogP contribution in [0.1, 0.15) is 16.8 Å². The lowest BCUT2D eigenvalue weighted by Crippen LogP contribution is -2.29. The van der Waals surface area contributed by atoms with Crippen LogP contribution < -0.4 is 0 Å². The van der Waals surface area contributed by atoms with Gasteiger partial charge in [0, 0.05) is 44.2 Å². The summed E-state index contributed by atoms with van der Waals surface area (Å²) in [6.45, 7) is 6.26. The van der Waals surface area contributed by atoms with Gasteiger partial charge in [0.2, 0.25) is 0 Å². The first-order valence-electron chi connectivity index (χ1n) is 7.38. The summed E-state index contributed by atoms with van der Waals surface area (Å²) < 4.78 is 5.19. The predicted octanol–water partition coefficient (Wildman–Crippen LogP) is 2.59. The number of benzene rings is 1. The SMILES string of the molecule is COCCN1CCc2nc3ccccc3c(C)c2CC1. The number of hydrogen-bond donors (Lipinski definition) is 0. The van der Waals surface area contributed by atoms with Gasteiger partial charge < -0.3 is 9.64 Å². The molecule has 2 aromatic rings. The monoisotopic (exact) mass is 270 g/mol. The normalized spacial score (nSPS) is 16.1. The summed E-state index contributed by atoms with van der Waals surface area (Å²) >= 11 is 0. The van der Waals surface area contributed by atoms with Gasteiger partial charge in [-0.05, 0) is 30.5 Å². The van der Waals surface area contributed by atoms with Gasteiger partial charge >= 0.3 is 0 Å². The average molecular weight is 270 g/mol. The van der Waals surface area contributed by atoms with Gasteiger partial charge in [-0.25, -0.2) is 0 Å². The molecular formula is C17H22N2O. The van der Waals surface area contributed by atoms with E-state index in [-0.39, 0.29) is 0 Å². The van der Waals surface area contributed by atoms with Crippen molar-refractivity contribution in [2.45, 2.75) is 19.8 Å². The van der Waals surface area contributed by atoms with Crippen molar-refractivity contribution >= 4 is 10.9 Å². The molecular weight excluding hydrogens is 248 g/mol. The van der Waals surface area contributed by atoms with E-state index in [1.807, 2.05) is 0 Å². The fourth-order valence-corrected chi connectivity index (χ4v) is 3.11. The molecule has 0 bridgehead atoms. The van der Waals surface area contributed by atoms with Gasteiger partial charge in [0.1, 0.15) is 0 Å². The van der Waals surface area contributed by atoms with E-state index in [1.54, 1.807) is 7.11 Å². The molecule has 3 rings (SSSR count). The van der Waals surface area contributed by atoms with E-state index >= 15 is 0 Å². The number of methoxy groups -OCH3 is 1. The second kappa shape index (κ2) is 5.90. The molecule has 0 saturated carbocycles. The molecule has 0 fully saturated rings. The molecule has 0 amide bonds. The zero-order valence-corrected chi connectivity index (χ0v) is 12.4. The largest absolute Gasteiger partial charge is 0.383 e. The lowest BCUT2D eigenvalue weighted by molar-refractivity contribution is 0.150. The standard InChI is InChI=1S/C17H22N2O/c1-13-14-5-3-4-6-16(14)18-17-8-10-19(11-12-20-2)9-7-15(13)17/h3-6H,7-12H2,1-2H3. The summed E-state index contributed by atoms with van der Waals surface area (Å²) in [5, 5.41) is 1.30. The van der Waals surface area contributed by atoms with Crippen LogP contribution >= 0.6 is 0 Å². The van der Waals surface area contributed by atoms with Crippen LogP contribution in [0.5, 0.6) is 0 Å². The van der Waals surface area contributed by atoms with Crippen molar-refractivity contribution in [3.63, 3.8) is 0 Å². The molecule has 3 heteroatoms. The minimum absolute atomic E-state index is 0.810. The van der Waals surface area contributed by atoms with Gasteiger partial charge in [0.05, 0.1) is 12.1 Å². The number of pyridine rings is 1. The maximum absolute atomic E-state index is 5.19. The Bertz CT molecular complexity index is 609. The number of ether oxygens (including phenoxy) is 1. The zero-order valence-electron chi connectivity index (χ0n) is 12.4. The van der Waals surface area contributed by atoms with Gasteiger partial charge in [0.25, 0.3) is 0 Å². The Morgan fingerprint density at radius 3 is 2.85 bits per heavy atom. The molecule has 1 aliphatic rings. The molecule has 0 saturated heterocycles. The lowest BCUT2D eigenvalue weighted by Gasteiger charge is -2.18. The summed E-state index contributed by atoms with van der Waals surface area (Å²) in [6.07, 6.45) is 2.15. The summed E-state index contributed by atoms with van der Waals surface area (Å²) in [4.78, 5) is 7.37. The van der Waals surface area contributed by atoms with Crippen molar-refractivity contribution in [1.29, 1.82) is 0 Å². The number of fused-ring (bicyclic) bond motifs is 2. The van der Waals surface area contributed by atoms with Gasteiger partial charge in [-0.15, -0.1) is 0 Å². The van der Waals surface area contributed by atoms with Crippen LogP contribution in [-0.2, 0) is 17.6 Å². The van der Waals surface area contributed by atoms with Crippen LogP contribution in [0.25, 0.3) is 10.9 Å². The molecule has 1 aromatic carbocycles. The van der Waals surface area contributed by atoms with E-state index in [4.69, 9.17) is 9.72 Å². The molecule has 3 nitrogen and oxygen atoms in total. The Hall–Kier alpha value is -1.45. The Kier molecular flexibility index (Phi) is 3.99. The van der Waals surface area contributed by atoms with Crippen LogP contribution in [0, 0.1) is 6.92 Å². The van der Waals surface area contributed by atoms with Crippen molar-refractivity contribution in [2.24, 2.45) is 0 Å². The number of para-hydroxylation sites is 1. The molecule has 0 atom stereocenters. The number of aromatic nitrogens is 1. The van der Waals surface area contributed by atoms with Crippen LogP contribution in [0.3, 0.4) is 0 Å². The lowest BCUT2D eigenvalue weighted by atomic mass is 9.99. The fourth-order valence-electron chi connectivity index (χ4n) is 3.11. The molecule has 0 radical (unpaired) electrons. The molecule has 1 aliphatic heterocycles. The molecule has 0 spiro atoms. The van der Waals surface area contributed by atoms with Gasteiger partial charge in [-0.2, -0.15) is 0 Å². The average Bonchev–Trinajstić information content (AvgIpc) is 2.68. The van der Waals surface area contributed by atoms with Crippen LogP contribution in [0.15, 0.2) is 24.3 Å². The Morgan fingerprint density at radius 1 is 1.20 bits per heavy atom. The van der Waals surface area contributed by atoms with Crippen LogP contribution in [0.4, 0.5) is 0 Å². The van der Waals surface area contributed by atoms with E-state index < -0.39 is 0 Å². The first-order chi connectivity index (χ1) is 9.79. The minimum atomic E-state index is 0.810. The third kappa shape index (κ3) is 2.56. The third-order valence-corrected chi connectivity index (χ3v) is 4.32. The molecule has 106 valence electrons.